The highest BCUT2D eigenvalue weighted by Gasteiger charge is 2.15. The van der Waals surface area contributed by atoms with Crippen LogP contribution >= 0.6 is 0 Å². The summed E-state index contributed by atoms with van der Waals surface area (Å²) in [5, 5.41) is 5.46. The van der Waals surface area contributed by atoms with Crippen LogP contribution < -0.4 is 10.6 Å². The molecule has 0 aromatic heterocycles. The first-order valence-electron chi connectivity index (χ1n) is 8.15. The van der Waals surface area contributed by atoms with E-state index in [9.17, 15) is 17.8 Å². The second-order valence-electron chi connectivity index (χ2n) is 5.93. The van der Waals surface area contributed by atoms with Gasteiger partial charge in [-0.25, -0.2) is 4.79 Å². The Morgan fingerprint density at radius 1 is 0.815 bits per heavy atom. The number of carbonyl (C=O) groups is 1. The van der Waals surface area contributed by atoms with E-state index in [2.05, 4.69) is 10.6 Å². The monoisotopic (exact) mass is 382 g/mol. The first-order chi connectivity index (χ1) is 12.8. The summed E-state index contributed by atoms with van der Waals surface area (Å²) in [6.45, 7) is 1.64. The van der Waals surface area contributed by atoms with Crippen LogP contribution in [-0.4, -0.2) is 19.0 Å². The molecule has 0 fully saturated rings. The zero-order valence-corrected chi connectivity index (χ0v) is 15.3. The van der Waals surface area contributed by atoms with Crippen molar-refractivity contribution in [2.24, 2.45) is 0 Å². The van der Waals surface area contributed by atoms with E-state index in [1.807, 2.05) is 18.2 Å². The van der Waals surface area contributed by atoms with Gasteiger partial charge in [0.1, 0.15) is 0 Å². The van der Waals surface area contributed by atoms with Gasteiger partial charge in [-0.15, -0.1) is 0 Å². The topological polar surface area (TPSA) is 95.5 Å². The summed E-state index contributed by atoms with van der Waals surface area (Å²) >= 11 is 0. The highest BCUT2D eigenvalue weighted by molar-refractivity contribution is 7.85. The van der Waals surface area contributed by atoms with Crippen molar-refractivity contribution in [3.63, 3.8) is 0 Å². The predicted octanol–water partition coefficient (Wildman–Crippen LogP) is 4.55. The van der Waals surface area contributed by atoms with E-state index >= 15 is 0 Å². The van der Waals surface area contributed by atoms with Gasteiger partial charge in [0.25, 0.3) is 10.1 Å². The molecule has 3 aromatic carbocycles. The zero-order chi connectivity index (χ0) is 19.4. The lowest BCUT2D eigenvalue weighted by atomic mass is 10.0. The van der Waals surface area contributed by atoms with Gasteiger partial charge in [-0.05, 0) is 53.9 Å². The Balaban J connectivity index is 1.77. The SMILES string of the molecule is Cc1c(-c2ccc(NC(=O)Nc3ccccc3)cc2)cccc1S(=O)(=O)O. The Morgan fingerprint density at radius 3 is 2.00 bits per heavy atom. The Hall–Kier alpha value is -3.16. The van der Waals surface area contributed by atoms with Crippen LogP contribution in [0.4, 0.5) is 16.2 Å². The van der Waals surface area contributed by atoms with Crippen molar-refractivity contribution in [2.75, 3.05) is 10.6 Å². The molecule has 138 valence electrons. The zero-order valence-electron chi connectivity index (χ0n) is 14.5. The number of anilines is 2. The molecular weight excluding hydrogens is 364 g/mol. The fourth-order valence-corrected chi connectivity index (χ4v) is 3.50. The fourth-order valence-electron chi connectivity index (χ4n) is 2.75. The largest absolute Gasteiger partial charge is 0.323 e. The standard InChI is InChI=1S/C20H18N2O4S/c1-14-18(8-5-9-19(14)27(24,25)26)15-10-12-17(13-11-15)22-20(23)21-16-6-3-2-4-7-16/h2-13H,1H3,(H2,21,22,23)(H,24,25,26). The molecule has 0 heterocycles. The first-order valence-corrected chi connectivity index (χ1v) is 9.59. The third-order valence-corrected chi connectivity index (χ3v) is 5.05. The molecule has 27 heavy (non-hydrogen) atoms. The Kier molecular flexibility index (Phi) is 5.25. The molecule has 0 saturated carbocycles. The van der Waals surface area contributed by atoms with Gasteiger partial charge in [0.05, 0.1) is 4.90 Å². The Labute approximate surface area is 157 Å². The number of rotatable bonds is 4. The van der Waals surface area contributed by atoms with Crippen molar-refractivity contribution in [1.29, 1.82) is 0 Å². The first kappa shape index (κ1) is 18.6. The van der Waals surface area contributed by atoms with Crippen molar-refractivity contribution in [1.82, 2.24) is 0 Å². The van der Waals surface area contributed by atoms with Crippen molar-refractivity contribution < 1.29 is 17.8 Å². The third-order valence-electron chi connectivity index (χ3n) is 4.05. The molecule has 0 aliphatic carbocycles. The predicted molar refractivity (Wildman–Crippen MR) is 106 cm³/mol. The summed E-state index contributed by atoms with van der Waals surface area (Å²) in [6, 6.07) is 20.4. The van der Waals surface area contributed by atoms with Crippen LogP contribution in [0.2, 0.25) is 0 Å². The van der Waals surface area contributed by atoms with Crippen LogP contribution in [0.3, 0.4) is 0 Å². The maximum Gasteiger partial charge on any atom is 0.323 e. The minimum Gasteiger partial charge on any atom is -0.308 e. The van der Waals surface area contributed by atoms with E-state index < -0.39 is 10.1 Å². The van der Waals surface area contributed by atoms with Gasteiger partial charge < -0.3 is 10.6 Å². The smallest absolute Gasteiger partial charge is 0.308 e. The van der Waals surface area contributed by atoms with Gasteiger partial charge >= 0.3 is 6.03 Å². The van der Waals surface area contributed by atoms with E-state index in [0.717, 1.165) is 5.56 Å². The van der Waals surface area contributed by atoms with E-state index in [1.165, 1.54) is 6.07 Å². The number of hydrogen-bond acceptors (Lipinski definition) is 3. The second-order valence-corrected chi connectivity index (χ2v) is 7.32. The molecule has 6 nitrogen and oxygen atoms in total. The molecule has 0 atom stereocenters. The van der Waals surface area contributed by atoms with E-state index in [-0.39, 0.29) is 10.9 Å². The van der Waals surface area contributed by atoms with Crippen LogP contribution in [-0.2, 0) is 10.1 Å². The molecule has 0 saturated heterocycles. The van der Waals surface area contributed by atoms with Crippen LogP contribution in [0.5, 0.6) is 0 Å². The summed E-state index contributed by atoms with van der Waals surface area (Å²) in [6.07, 6.45) is 0. The van der Waals surface area contributed by atoms with Gasteiger partial charge in [-0.1, -0.05) is 42.5 Å². The van der Waals surface area contributed by atoms with E-state index in [4.69, 9.17) is 0 Å². The highest BCUT2D eigenvalue weighted by atomic mass is 32.2. The molecule has 3 N–H and O–H groups in total. The number of urea groups is 1. The summed E-state index contributed by atoms with van der Waals surface area (Å²) in [4.78, 5) is 11.9. The summed E-state index contributed by atoms with van der Waals surface area (Å²) in [7, 11) is -4.28. The van der Waals surface area contributed by atoms with Crippen molar-refractivity contribution in [3.8, 4) is 11.1 Å². The molecule has 0 aliphatic rings. The highest BCUT2D eigenvalue weighted by Crippen LogP contribution is 2.29. The van der Waals surface area contributed by atoms with Crippen molar-refractivity contribution >= 4 is 27.5 Å². The van der Waals surface area contributed by atoms with E-state index in [0.29, 0.717) is 22.5 Å². The maximum atomic E-state index is 12.0. The molecule has 7 heteroatoms. The van der Waals surface area contributed by atoms with E-state index in [1.54, 1.807) is 55.5 Å². The van der Waals surface area contributed by atoms with Gasteiger partial charge in [-0.2, -0.15) is 8.42 Å². The Bertz CT molecular complexity index is 1060. The van der Waals surface area contributed by atoms with Crippen molar-refractivity contribution in [2.45, 2.75) is 11.8 Å². The van der Waals surface area contributed by atoms with Gasteiger partial charge in [0, 0.05) is 11.4 Å². The normalized spacial score (nSPS) is 11.0. The van der Waals surface area contributed by atoms with Crippen LogP contribution in [0.15, 0.2) is 77.7 Å². The number of nitrogens with one attached hydrogen (secondary N) is 2. The number of para-hydroxylation sites is 1. The minimum atomic E-state index is -4.28. The Morgan fingerprint density at radius 2 is 1.41 bits per heavy atom. The molecule has 0 unspecified atom stereocenters. The quantitative estimate of drug-likeness (QED) is 0.577. The summed E-state index contributed by atoms with van der Waals surface area (Å²) in [5.41, 5.74) is 3.19. The summed E-state index contributed by atoms with van der Waals surface area (Å²) < 4.78 is 32.3. The molecule has 0 aliphatic heterocycles. The van der Waals surface area contributed by atoms with Gasteiger partial charge in [-0.3, -0.25) is 4.55 Å². The maximum absolute atomic E-state index is 12.0. The number of benzene rings is 3. The lowest BCUT2D eigenvalue weighted by molar-refractivity contribution is 0.262. The molecule has 0 radical (unpaired) electrons. The lowest BCUT2D eigenvalue weighted by Crippen LogP contribution is -2.19. The fraction of sp³-hybridized carbons (Fsp3) is 0.0500. The molecule has 0 spiro atoms. The second kappa shape index (κ2) is 7.61. The average Bonchev–Trinajstić information content (AvgIpc) is 2.62. The lowest BCUT2D eigenvalue weighted by Gasteiger charge is -2.11. The van der Waals surface area contributed by atoms with Gasteiger partial charge in [0.15, 0.2) is 0 Å². The molecule has 2 amide bonds. The molecule has 3 rings (SSSR count). The number of carbonyl (C=O) groups excluding carboxylic acids is 1. The molecule has 0 bridgehead atoms. The minimum absolute atomic E-state index is 0.121. The average molecular weight is 382 g/mol. The van der Waals surface area contributed by atoms with Crippen LogP contribution in [0, 0.1) is 6.92 Å². The van der Waals surface area contributed by atoms with Crippen LogP contribution in [0.1, 0.15) is 5.56 Å². The number of hydrogen-bond donors (Lipinski definition) is 3. The molecular formula is C20H18N2O4S. The summed E-state index contributed by atoms with van der Waals surface area (Å²) in [5.74, 6) is 0. The molecule has 3 aromatic rings. The van der Waals surface area contributed by atoms with Gasteiger partial charge in [0.2, 0.25) is 0 Å². The third kappa shape index (κ3) is 4.52. The van der Waals surface area contributed by atoms with Crippen LogP contribution in [0.25, 0.3) is 11.1 Å². The van der Waals surface area contributed by atoms with Crippen molar-refractivity contribution in [3.05, 3.63) is 78.4 Å². The number of amides is 2.